The molecular formula is C23H24N4O4. The maximum absolute atomic E-state index is 13.0. The summed E-state index contributed by atoms with van der Waals surface area (Å²) in [6.07, 6.45) is 4.87. The first kappa shape index (κ1) is 19.5. The quantitative estimate of drug-likeness (QED) is 0.601. The molecule has 8 heteroatoms. The maximum Gasteiger partial charge on any atom is 0.295 e. The Kier molecular flexibility index (Phi) is 4.28. The van der Waals surface area contributed by atoms with Crippen LogP contribution in [-0.2, 0) is 21.4 Å². The predicted octanol–water partition coefficient (Wildman–Crippen LogP) is 1.62. The summed E-state index contributed by atoms with van der Waals surface area (Å²) >= 11 is 0. The molecule has 5 rings (SSSR count). The van der Waals surface area contributed by atoms with E-state index in [4.69, 9.17) is 0 Å². The molecule has 1 aliphatic heterocycles. The van der Waals surface area contributed by atoms with Gasteiger partial charge in [0.15, 0.2) is 0 Å². The van der Waals surface area contributed by atoms with E-state index in [1.807, 2.05) is 30.4 Å². The van der Waals surface area contributed by atoms with Crippen LogP contribution in [0.5, 0.6) is 0 Å². The van der Waals surface area contributed by atoms with Crippen molar-refractivity contribution in [2.45, 2.75) is 26.3 Å². The van der Waals surface area contributed by atoms with Gasteiger partial charge in [0, 0.05) is 7.05 Å². The maximum atomic E-state index is 13.0. The molecule has 3 amide bonds. The molecule has 1 saturated heterocycles. The summed E-state index contributed by atoms with van der Waals surface area (Å²) in [7, 11) is 1.74. The third-order valence-electron chi connectivity index (χ3n) is 7.07. The van der Waals surface area contributed by atoms with Crippen LogP contribution in [0, 0.1) is 30.6 Å². The lowest BCUT2D eigenvalue weighted by Gasteiger charge is -2.23. The average molecular weight is 420 g/mol. The first-order valence-corrected chi connectivity index (χ1v) is 10.5. The fraction of sp³-hybridized carbons (Fsp3) is 0.391. The fourth-order valence-electron chi connectivity index (χ4n) is 5.36. The second-order valence-electron chi connectivity index (χ2n) is 8.65. The second-order valence-corrected chi connectivity index (χ2v) is 8.65. The van der Waals surface area contributed by atoms with Crippen LogP contribution < -0.4 is 10.9 Å². The summed E-state index contributed by atoms with van der Waals surface area (Å²) in [5.41, 5.74) is 1.02. The standard InChI is InChI=1S/C23H24N4O4/c1-12-19(23(31)27(25(12)3)16-7-5-4-6-8-16)24-20(28)13(2)26-21(29)17-14-9-10-15(11-14)18(17)22(26)30/h4-10,13-15,17-18H,11H2,1-3H3,(H,24,28)/t13-,14-,15-,17+,18+/m0/s1. The Morgan fingerprint density at radius 2 is 1.61 bits per heavy atom. The number of para-hydroxylation sites is 1. The third kappa shape index (κ3) is 2.67. The van der Waals surface area contributed by atoms with E-state index in [0.29, 0.717) is 11.4 Å². The molecular weight excluding hydrogens is 396 g/mol. The summed E-state index contributed by atoms with van der Waals surface area (Å²) in [6.45, 7) is 3.27. The van der Waals surface area contributed by atoms with Crippen LogP contribution in [0.1, 0.15) is 19.0 Å². The second kappa shape index (κ2) is 6.80. The van der Waals surface area contributed by atoms with E-state index in [2.05, 4.69) is 5.32 Å². The molecule has 3 aliphatic rings. The number of rotatable bonds is 4. The van der Waals surface area contributed by atoms with Crippen molar-refractivity contribution < 1.29 is 14.4 Å². The van der Waals surface area contributed by atoms with Gasteiger partial charge in [-0.1, -0.05) is 30.4 Å². The highest BCUT2D eigenvalue weighted by Crippen LogP contribution is 2.52. The number of likely N-dealkylation sites (tertiary alicyclic amines) is 1. The van der Waals surface area contributed by atoms with Crippen molar-refractivity contribution in [3.05, 3.63) is 58.5 Å². The van der Waals surface area contributed by atoms with E-state index in [-0.39, 0.29) is 46.7 Å². The minimum atomic E-state index is -0.991. The van der Waals surface area contributed by atoms with Gasteiger partial charge in [-0.25, -0.2) is 4.68 Å². The zero-order chi connectivity index (χ0) is 22.0. The first-order valence-electron chi connectivity index (χ1n) is 10.5. The van der Waals surface area contributed by atoms with Crippen LogP contribution in [-0.4, -0.2) is 38.0 Å². The Balaban J connectivity index is 1.41. The zero-order valence-corrected chi connectivity index (χ0v) is 17.6. The van der Waals surface area contributed by atoms with Gasteiger partial charge in [-0.3, -0.25) is 28.8 Å². The number of benzene rings is 1. The van der Waals surface area contributed by atoms with Crippen molar-refractivity contribution in [1.82, 2.24) is 14.3 Å². The summed E-state index contributed by atoms with van der Waals surface area (Å²) in [4.78, 5) is 53.1. The van der Waals surface area contributed by atoms with Crippen LogP contribution in [0.2, 0.25) is 0 Å². The van der Waals surface area contributed by atoms with Gasteiger partial charge in [-0.15, -0.1) is 0 Å². The van der Waals surface area contributed by atoms with E-state index in [0.717, 1.165) is 11.3 Å². The van der Waals surface area contributed by atoms with Crippen LogP contribution in [0.25, 0.3) is 5.69 Å². The van der Waals surface area contributed by atoms with Crippen molar-refractivity contribution in [2.75, 3.05) is 5.32 Å². The van der Waals surface area contributed by atoms with Crippen LogP contribution in [0.4, 0.5) is 5.69 Å². The smallest absolute Gasteiger partial charge is 0.295 e. The lowest BCUT2D eigenvalue weighted by atomic mass is 9.85. The Labute approximate surface area is 179 Å². The molecule has 8 nitrogen and oxygen atoms in total. The highest BCUT2D eigenvalue weighted by Gasteiger charge is 2.60. The van der Waals surface area contributed by atoms with Crippen LogP contribution in [0.15, 0.2) is 47.3 Å². The van der Waals surface area contributed by atoms with Gasteiger partial charge in [0.1, 0.15) is 11.7 Å². The molecule has 2 bridgehead atoms. The lowest BCUT2D eigenvalue weighted by Crippen LogP contribution is -2.47. The van der Waals surface area contributed by atoms with Crippen molar-refractivity contribution in [2.24, 2.45) is 30.7 Å². The molecule has 0 spiro atoms. The number of allylic oxidation sites excluding steroid dienone is 2. The largest absolute Gasteiger partial charge is 0.318 e. The highest BCUT2D eigenvalue weighted by molar-refractivity contribution is 6.10. The molecule has 2 heterocycles. The molecule has 0 unspecified atom stereocenters. The van der Waals surface area contributed by atoms with Gasteiger partial charge in [-0.05, 0) is 44.2 Å². The molecule has 160 valence electrons. The number of nitrogens with zero attached hydrogens (tertiary/aromatic N) is 3. The Morgan fingerprint density at radius 3 is 2.19 bits per heavy atom. The number of imide groups is 1. The van der Waals surface area contributed by atoms with Crippen molar-refractivity contribution >= 4 is 23.4 Å². The number of hydrogen-bond acceptors (Lipinski definition) is 4. The minimum Gasteiger partial charge on any atom is -0.318 e. The first-order chi connectivity index (χ1) is 14.8. The van der Waals surface area contributed by atoms with Crippen molar-refractivity contribution in [3.8, 4) is 5.69 Å². The number of aromatic nitrogens is 2. The summed E-state index contributed by atoms with van der Waals surface area (Å²) in [5.74, 6) is -1.64. The molecule has 0 radical (unpaired) electrons. The van der Waals surface area contributed by atoms with Gasteiger partial charge in [0.2, 0.25) is 17.7 Å². The Hall–Kier alpha value is -3.42. The summed E-state index contributed by atoms with van der Waals surface area (Å²) in [5, 5.41) is 2.68. The number of carbonyl (C=O) groups excluding carboxylic acids is 3. The van der Waals surface area contributed by atoms with Crippen LogP contribution >= 0.6 is 0 Å². The molecule has 1 aromatic carbocycles. The number of carbonyl (C=O) groups is 3. The normalized spacial score (nSPS) is 27.1. The third-order valence-corrected chi connectivity index (χ3v) is 7.07. The monoisotopic (exact) mass is 420 g/mol. The predicted molar refractivity (Wildman–Crippen MR) is 113 cm³/mol. The van der Waals surface area contributed by atoms with E-state index in [1.54, 1.807) is 30.8 Å². The lowest BCUT2D eigenvalue weighted by molar-refractivity contribution is -0.146. The van der Waals surface area contributed by atoms with E-state index >= 15 is 0 Å². The molecule has 2 aromatic rings. The molecule has 1 aromatic heterocycles. The Bertz CT molecular complexity index is 1160. The van der Waals surface area contributed by atoms with Crippen molar-refractivity contribution in [3.63, 3.8) is 0 Å². The Morgan fingerprint density at radius 1 is 1.03 bits per heavy atom. The van der Waals surface area contributed by atoms with Gasteiger partial charge >= 0.3 is 0 Å². The fourth-order valence-corrected chi connectivity index (χ4v) is 5.36. The van der Waals surface area contributed by atoms with Crippen molar-refractivity contribution in [1.29, 1.82) is 0 Å². The van der Waals surface area contributed by atoms with E-state index < -0.39 is 11.9 Å². The van der Waals surface area contributed by atoms with Crippen LogP contribution in [0.3, 0.4) is 0 Å². The van der Waals surface area contributed by atoms with Gasteiger partial charge in [-0.2, -0.15) is 0 Å². The zero-order valence-electron chi connectivity index (χ0n) is 17.6. The summed E-state index contributed by atoms with van der Waals surface area (Å²) < 4.78 is 3.13. The molecule has 5 atom stereocenters. The van der Waals surface area contributed by atoms with Gasteiger partial charge in [0.25, 0.3) is 5.56 Å². The molecule has 1 saturated carbocycles. The number of amides is 3. The highest BCUT2D eigenvalue weighted by atomic mass is 16.2. The minimum absolute atomic E-state index is 0.0844. The van der Waals surface area contributed by atoms with Gasteiger partial charge in [0.05, 0.1) is 23.2 Å². The number of fused-ring (bicyclic) bond motifs is 5. The molecule has 2 aliphatic carbocycles. The number of hydrogen-bond donors (Lipinski definition) is 1. The SMILES string of the molecule is Cc1c(NC(=O)[C@H](C)N2C(=O)[C@H]3[C@H](C2=O)[C@H]2C=C[C@H]3C2)c(=O)n(-c2ccccc2)n1C. The van der Waals surface area contributed by atoms with Gasteiger partial charge < -0.3 is 5.32 Å². The van der Waals surface area contributed by atoms with E-state index in [1.165, 1.54) is 11.6 Å². The molecule has 1 N–H and O–H groups in total. The summed E-state index contributed by atoms with van der Waals surface area (Å²) in [6, 6.07) is 8.13. The molecule has 31 heavy (non-hydrogen) atoms. The topological polar surface area (TPSA) is 93.4 Å². The number of anilines is 1. The number of nitrogens with one attached hydrogen (secondary N) is 1. The molecule has 2 fully saturated rings. The average Bonchev–Trinajstić information content (AvgIpc) is 3.48. The van der Waals surface area contributed by atoms with E-state index in [9.17, 15) is 19.2 Å².